The minimum atomic E-state index is -3.69. The van der Waals surface area contributed by atoms with Gasteiger partial charge >= 0.3 is 0 Å². The Bertz CT molecular complexity index is 663. The Hall–Kier alpha value is -1.86. The Morgan fingerprint density at radius 1 is 1.17 bits per heavy atom. The van der Waals surface area contributed by atoms with Crippen molar-refractivity contribution in [2.45, 2.75) is 4.90 Å². The van der Waals surface area contributed by atoms with Crippen molar-refractivity contribution < 1.29 is 13.2 Å². The van der Waals surface area contributed by atoms with E-state index in [1.54, 1.807) is 23.6 Å². The minimum Gasteiger partial charge on any atom is -0.366 e. The molecule has 5 nitrogen and oxygen atoms in total. The maximum absolute atomic E-state index is 12.0. The van der Waals surface area contributed by atoms with Crippen molar-refractivity contribution in [2.75, 3.05) is 4.72 Å². The summed E-state index contributed by atoms with van der Waals surface area (Å²) in [6.45, 7) is 0. The van der Waals surface area contributed by atoms with Crippen LogP contribution in [0.3, 0.4) is 0 Å². The van der Waals surface area contributed by atoms with E-state index in [9.17, 15) is 13.2 Å². The Balaban J connectivity index is 2.34. The lowest BCUT2D eigenvalue weighted by Crippen LogP contribution is -2.16. The van der Waals surface area contributed by atoms with Gasteiger partial charge in [-0.05, 0) is 23.6 Å². The SMILES string of the molecule is NC(=O)c1ccsc1NS(=O)(=O)c1ccccc1. The van der Waals surface area contributed by atoms with Gasteiger partial charge in [0.15, 0.2) is 0 Å². The first-order chi connectivity index (χ1) is 8.50. The zero-order valence-electron chi connectivity index (χ0n) is 9.16. The molecule has 0 spiro atoms. The molecule has 1 aromatic carbocycles. The number of benzene rings is 1. The van der Waals surface area contributed by atoms with E-state index in [1.165, 1.54) is 18.2 Å². The van der Waals surface area contributed by atoms with Crippen molar-refractivity contribution in [1.29, 1.82) is 0 Å². The van der Waals surface area contributed by atoms with Crippen LogP contribution >= 0.6 is 11.3 Å². The molecule has 0 saturated carbocycles. The minimum absolute atomic E-state index is 0.133. The van der Waals surface area contributed by atoms with Crippen molar-refractivity contribution in [3.8, 4) is 0 Å². The first-order valence-corrected chi connectivity index (χ1v) is 7.32. The summed E-state index contributed by atoms with van der Waals surface area (Å²) in [5, 5.41) is 1.83. The summed E-state index contributed by atoms with van der Waals surface area (Å²) >= 11 is 1.11. The number of thiophene rings is 1. The summed E-state index contributed by atoms with van der Waals surface area (Å²) in [5.41, 5.74) is 5.32. The highest BCUT2D eigenvalue weighted by Gasteiger charge is 2.18. The number of amides is 1. The Labute approximate surface area is 108 Å². The third-order valence-corrected chi connectivity index (χ3v) is 4.54. The van der Waals surface area contributed by atoms with Gasteiger partial charge in [0.1, 0.15) is 5.00 Å². The molecule has 1 heterocycles. The molecule has 0 unspecified atom stereocenters. The van der Waals surface area contributed by atoms with E-state index in [0.29, 0.717) is 0 Å². The number of carbonyl (C=O) groups is 1. The van der Waals surface area contributed by atoms with Crippen LogP contribution < -0.4 is 10.5 Å². The molecule has 0 bridgehead atoms. The van der Waals surface area contributed by atoms with Crippen LogP contribution in [0.25, 0.3) is 0 Å². The molecule has 2 aromatic rings. The molecule has 7 heteroatoms. The number of sulfonamides is 1. The van der Waals surface area contributed by atoms with Crippen molar-refractivity contribution in [1.82, 2.24) is 0 Å². The lowest BCUT2D eigenvalue weighted by molar-refractivity contribution is 0.100. The number of nitrogens with one attached hydrogen (secondary N) is 1. The van der Waals surface area contributed by atoms with Crippen LogP contribution in [-0.2, 0) is 10.0 Å². The molecule has 0 radical (unpaired) electrons. The molecule has 0 atom stereocenters. The largest absolute Gasteiger partial charge is 0.366 e. The molecule has 0 saturated heterocycles. The van der Waals surface area contributed by atoms with Gasteiger partial charge in [-0.25, -0.2) is 8.42 Å². The molecule has 0 fully saturated rings. The highest BCUT2D eigenvalue weighted by Crippen LogP contribution is 2.25. The number of hydrogen-bond acceptors (Lipinski definition) is 4. The van der Waals surface area contributed by atoms with Gasteiger partial charge in [0.25, 0.3) is 15.9 Å². The molecule has 0 aliphatic heterocycles. The van der Waals surface area contributed by atoms with Gasteiger partial charge in [0, 0.05) is 0 Å². The highest BCUT2D eigenvalue weighted by atomic mass is 32.2. The van der Waals surface area contributed by atoms with Crippen molar-refractivity contribution in [3.05, 3.63) is 47.3 Å². The Kier molecular flexibility index (Phi) is 3.35. The zero-order chi connectivity index (χ0) is 13.2. The van der Waals surface area contributed by atoms with Crippen LogP contribution in [0.2, 0.25) is 0 Å². The van der Waals surface area contributed by atoms with Gasteiger partial charge in [-0.1, -0.05) is 18.2 Å². The summed E-state index contributed by atoms with van der Waals surface area (Å²) in [5.74, 6) is -0.665. The third kappa shape index (κ3) is 2.52. The number of rotatable bonds is 4. The fourth-order valence-electron chi connectivity index (χ4n) is 1.36. The molecule has 0 aliphatic carbocycles. The van der Waals surface area contributed by atoms with E-state index in [4.69, 9.17) is 5.73 Å². The topological polar surface area (TPSA) is 89.3 Å². The predicted octanol–water partition coefficient (Wildman–Crippen LogP) is 1.65. The predicted molar refractivity (Wildman–Crippen MR) is 70.1 cm³/mol. The second-order valence-corrected chi connectivity index (χ2v) is 6.04. The lowest BCUT2D eigenvalue weighted by Gasteiger charge is -2.07. The second-order valence-electron chi connectivity index (χ2n) is 3.45. The molecule has 1 aromatic heterocycles. The second kappa shape index (κ2) is 4.79. The molecular formula is C11H10N2O3S2. The Morgan fingerprint density at radius 2 is 1.83 bits per heavy atom. The fourth-order valence-corrected chi connectivity index (χ4v) is 3.51. The maximum Gasteiger partial charge on any atom is 0.262 e. The van der Waals surface area contributed by atoms with Gasteiger partial charge < -0.3 is 5.73 Å². The van der Waals surface area contributed by atoms with Crippen LogP contribution in [0.1, 0.15) is 10.4 Å². The summed E-state index contributed by atoms with van der Waals surface area (Å²) in [6, 6.07) is 9.39. The van der Waals surface area contributed by atoms with E-state index >= 15 is 0 Å². The first kappa shape index (κ1) is 12.6. The van der Waals surface area contributed by atoms with Crippen molar-refractivity contribution in [3.63, 3.8) is 0 Å². The highest BCUT2D eigenvalue weighted by molar-refractivity contribution is 7.93. The summed E-state index contributed by atoms with van der Waals surface area (Å²) < 4.78 is 26.4. The van der Waals surface area contributed by atoms with Gasteiger partial charge in [0.2, 0.25) is 0 Å². The lowest BCUT2D eigenvalue weighted by atomic mass is 10.3. The average molecular weight is 282 g/mol. The van der Waals surface area contributed by atoms with Crippen LogP contribution in [-0.4, -0.2) is 14.3 Å². The molecule has 18 heavy (non-hydrogen) atoms. The van der Waals surface area contributed by atoms with E-state index in [1.807, 2.05) is 0 Å². The normalized spacial score (nSPS) is 11.1. The summed E-state index contributed by atoms with van der Waals surface area (Å²) in [4.78, 5) is 11.2. The third-order valence-electron chi connectivity index (χ3n) is 2.21. The van der Waals surface area contributed by atoms with Crippen LogP contribution in [0.4, 0.5) is 5.00 Å². The standard InChI is InChI=1S/C11H10N2O3S2/c12-10(14)9-6-7-17-11(9)13-18(15,16)8-4-2-1-3-5-8/h1-7,13H,(H2,12,14). The Morgan fingerprint density at radius 3 is 2.44 bits per heavy atom. The van der Waals surface area contributed by atoms with Crippen molar-refractivity contribution in [2.24, 2.45) is 5.73 Å². The molecular weight excluding hydrogens is 272 g/mol. The maximum atomic E-state index is 12.0. The monoisotopic (exact) mass is 282 g/mol. The number of hydrogen-bond donors (Lipinski definition) is 2. The van der Waals surface area contributed by atoms with Gasteiger partial charge in [0.05, 0.1) is 10.5 Å². The van der Waals surface area contributed by atoms with E-state index in [2.05, 4.69) is 4.72 Å². The first-order valence-electron chi connectivity index (χ1n) is 4.96. The molecule has 3 N–H and O–H groups in total. The fraction of sp³-hybridized carbons (Fsp3) is 0. The van der Waals surface area contributed by atoms with Gasteiger partial charge in [-0.3, -0.25) is 9.52 Å². The molecule has 94 valence electrons. The van der Waals surface area contributed by atoms with Crippen LogP contribution in [0, 0.1) is 0 Å². The zero-order valence-corrected chi connectivity index (χ0v) is 10.8. The van der Waals surface area contributed by atoms with Gasteiger partial charge in [-0.15, -0.1) is 11.3 Å². The quantitative estimate of drug-likeness (QED) is 0.893. The molecule has 2 rings (SSSR count). The number of carbonyl (C=O) groups excluding carboxylic acids is 1. The summed E-state index contributed by atoms with van der Waals surface area (Å²) in [7, 11) is -3.69. The smallest absolute Gasteiger partial charge is 0.262 e. The molecule has 0 aliphatic rings. The average Bonchev–Trinajstić information content (AvgIpc) is 2.78. The summed E-state index contributed by atoms with van der Waals surface area (Å²) in [6.07, 6.45) is 0. The van der Waals surface area contributed by atoms with Crippen LogP contribution in [0.5, 0.6) is 0 Å². The van der Waals surface area contributed by atoms with E-state index < -0.39 is 15.9 Å². The van der Waals surface area contributed by atoms with Crippen molar-refractivity contribution >= 4 is 32.3 Å². The van der Waals surface area contributed by atoms with E-state index in [0.717, 1.165) is 11.3 Å². The number of nitrogens with two attached hydrogens (primary N) is 1. The van der Waals surface area contributed by atoms with Gasteiger partial charge in [-0.2, -0.15) is 0 Å². The number of primary amides is 1. The van der Waals surface area contributed by atoms with Crippen LogP contribution in [0.15, 0.2) is 46.7 Å². The number of anilines is 1. The van der Waals surface area contributed by atoms with E-state index in [-0.39, 0.29) is 15.5 Å². The molecule has 1 amide bonds.